The monoisotopic (exact) mass is 250 g/mol. The first-order chi connectivity index (χ1) is 8.78. The maximum absolute atomic E-state index is 3.78. The van der Waals surface area contributed by atoms with E-state index in [9.17, 15) is 0 Å². The molecular weight excluding hydrogens is 220 g/mol. The highest BCUT2D eigenvalue weighted by molar-refractivity contribution is 4.97. The second-order valence-corrected chi connectivity index (χ2v) is 6.88. The molecular formula is C16H30N2. The Labute approximate surface area is 113 Å². The molecule has 0 aromatic carbocycles. The molecule has 2 heteroatoms. The highest BCUT2D eigenvalue weighted by Crippen LogP contribution is 2.35. The first-order valence-corrected chi connectivity index (χ1v) is 8.29. The number of rotatable bonds is 4. The van der Waals surface area contributed by atoms with Crippen LogP contribution in [-0.2, 0) is 0 Å². The molecule has 3 atom stereocenters. The van der Waals surface area contributed by atoms with E-state index in [1.807, 2.05) is 0 Å². The van der Waals surface area contributed by atoms with Gasteiger partial charge in [-0.25, -0.2) is 0 Å². The summed E-state index contributed by atoms with van der Waals surface area (Å²) < 4.78 is 0. The van der Waals surface area contributed by atoms with Gasteiger partial charge in [-0.2, -0.15) is 0 Å². The minimum Gasteiger partial charge on any atom is -0.311 e. The van der Waals surface area contributed by atoms with Gasteiger partial charge in [-0.3, -0.25) is 4.90 Å². The number of hydrogen-bond donors (Lipinski definition) is 1. The lowest BCUT2D eigenvalue weighted by Crippen LogP contribution is -2.52. The van der Waals surface area contributed by atoms with E-state index < -0.39 is 0 Å². The number of fused-ring (bicyclic) bond motifs is 2. The maximum atomic E-state index is 3.78. The van der Waals surface area contributed by atoms with Gasteiger partial charge < -0.3 is 5.32 Å². The maximum Gasteiger partial charge on any atom is 0.0128 e. The van der Waals surface area contributed by atoms with Gasteiger partial charge in [0.05, 0.1) is 0 Å². The minimum absolute atomic E-state index is 0.819. The summed E-state index contributed by atoms with van der Waals surface area (Å²) in [4.78, 5) is 2.85. The van der Waals surface area contributed by atoms with Gasteiger partial charge in [0.1, 0.15) is 0 Å². The fourth-order valence-corrected chi connectivity index (χ4v) is 4.89. The van der Waals surface area contributed by atoms with Gasteiger partial charge in [-0.05, 0) is 57.9 Å². The molecule has 2 nitrogen and oxygen atoms in total. The Bertz CT molecular complexity index is 260. The lowest BCUT2D eigenvalue weighted by molar-refractivity contribution is 0.0776. The molecule has 0 amide bonds. The largest absolute Gasteiger partial charge is 0.311 e. The van der Waals surface area contributed by atoms with Crippen LogP contribution in [0.5, 0.6) is 0 Å². The van der Waals surface area contributed by atoms with E-state index in [1.165, 1.54) is 57.9 Å². The van der Waals surface area contributed by atoms with Gasteiger partial charge in [0.25, 0.3) is 0 Å². The smallest absolute Gasteiger partial charge is 0.0128 e. The van der Waals surface area contributed by atoms with E-state index in [4.69, 9.17) is 0 Å². The topological polar surface area (TPSA) is 15.3 Å². The molecule has 104 valence electrons. The van der Waals surface area contributed by atoms with Crippen molar-refractivity contribution in [1.29, 1.82) is 0 Å². The third kappa shape index (κ3) is 2.46. The molecule has 0 spiro atoms. The van der Waals surface area contributed by atoms with Gasteiger partial charge in [0, 0.05) is 24.2 Å². The van der Waals surface area contributed by atoms with Crippen LogP contribution in [0, 0.1) is 5.92 Å². The molecule has 3 rings (SSSR count). The highest BCUT2D eigenvalue weighted by atomic mass is 15.2. The van der Waals surface area contributed by atoms with Crippen molar-refractivity contribution in [2.24, 2.45) is 5.92 Å². The Kier molecular flexibility index (Phi) is 3.95. The molecule has 3 unspecified atom stereocenters. The van der Waals surface area contributed by atoms with Crippen LogP contribution in [0.3, 0.4) is 0 Å². The number of nitrogens with one attached hydrogen (secondary N) is 1. The molecule has 1 aliphatic carbocycles. The minimum atomic E-state index is 0.819. The average Bonchev–Trinajstić information content (AvgIpc) is 3.00. The summed E-state index contributed by atoms with van der Waals surface area (Å²) in [6.07, 6.45) is 11.6. The predicted molar refractivity (Wildman–Crippen MR) is 76.8 cm³/mol. The summed E-state index contributed by atoms with van der Waals surface area (Å²) in [6, 6.07) is 3.35. The normalized spacial score (nSPS) is 38.5. The van der Waals surface area contributed by atoms with Gasteiger partial charge >= 0.3 is 0 Å². The standard InChI is InChI=1S/C16H30N2/c1-3-18(12(2)13-6-4-5-7-13)16-10-14-8-9-15(11-16)17-14/h12-17H,3-11H2,1-2H3. The number of hydrogen-bond acceptors (Lipinski definition) is 2. The molecule has 2 heterocycles. The van der Waals surface area contributed by atoms with Crippen molar-refractivity contribution in [3.05, 3.63) is 0 Å². The number of nitrogens with zero attached hydrogens (tertiary/aromatic N) is 1. The Morgan fingerprint density at radius 3 is 2.22 bits per heavy atom. The SMILES string of the molecule is CCN(C1CC2CCC(C1)N2)C(C)C1CCCC1. The Balaban J connectivity index is 1.64. The first kappa shape index (κ1) is 12.9. The van der Waals surface area contributed by atoms with E-state index in [0.717, 1.165) is 30.1 Å². The molecule has 2 bridgehead atoms. The van der Waals surface area contributed by atoms with Crippen LogP contribution in [-0.4, -0.2) is 35.6 Å². The van der Waals surface area contributed by atoms with Crippen LogP contribution in [0.25, 0.3) is 0 Å². The van der Waals surface area contributed by atoms with Crippen molar-refractivity contribution < 1.29 is 0 Å². The second-order valence-electron chi connectivity index (χ2n) is 6.88. The molecule has 2 aliphatic heterocycles. The van der Waals surface area contributed by atoms with E-state index in [1.54, 1.807) is 0 Å². The van der Waals surface area contributed by atoms with E-state index in [0.29, 0.717) is 0 Å². The summed E-state index contributed by atoms with van der Waals surface area (Å²) in [5.41, 5.74) is 0. The quantitative estimate of drug-likeness (QED) is 0.824. The fraction of sp³-hybridized carbons (Fsp3) is 1.00. The van der Waals surface area contributed by atoms with Crippen LogP contribution in [0.15, 0.2) is 0 Å². The first-order valence-electron chi connectivity index (χ1n) is 8.29. The molecule has 0 aromatic heterocycles. The van der Waals surface area contributed by atoms with Crippen molar-refractivity contribution in [2.45, 2.75) is 89.4 Å². The third-order valence-corrected chi connectivity index (χ3v) is 5.89. The van der Waals surface area contributed by atoms with Crippen LogP contribution >= 0.6 is 0 Å². The van der Waals surface area contributed by atoms with E-state index in [-0.39, 0.29) is 0 Å². The van der Waals surface area contributed by atoms with Crippen LogP contribution in [0.4, 0.5) is 0 Å². The lowest BCUT2D eigenvalue weighted by atomic mass is 9.92. The predicted octanol–water partition coefficient (Wildman–Crippen LogP) is 3.17. The van der Waals surface area contributed by atoms with E-state index >= 15 is 0 Å². The molecule has 0 radical (unpaired) electrons. The molecule has 2 saturated heterocycles. The number of piperidine rings is 1. The van der Waals surface area contributed by atoms with Crippen molar-refractivity contribution in [3.63, 3.8) is 0 Å². The zero-order valence-corrected chi connectivity index (χ0v) is 12.2. The highest BCUT2D eigenvalue weighted by Gasteiger charge is 2.38. The fourth-order valence-electron chi connectivity index (χ4n) is 4.89. The summed E-state index contributed by atoms with van der Waals surface area (Å²) in [6.45, 7) is 6.13. The van der Waals surface area contributed by atoms with Crippen molar-refractivity contribution in [2.75, 3.05) is 6.54 Å². The molecule has 3 aliphatic rings. The second kappa shape index (κ2) is 5.50. The lowest BCUT2D eigenvalue weighted by Gasteiger charge is -2.42. The molecule has 0 aromatic rings. The summed E-state index contributed by atoms with van der Waals surface area (Å²) in [7, 11) is 0. The summed E-state index contributed by atoms with van der Waals surface area (Å²) in [5, 5.41) is 3.78. The summed E-state index contributed by atoms with van der Waals surface area (Å²) in [5.74, 6) is 0.984. The van der Waals surface area contributed by atoms with Crippen LogP contribution in [0.2, 0.25) is 0 Å². The van der Waals surface area contributed by atoms with Crippen molar-refractivity contribution >= 4 is 0 Å². The van der Waals surface area contributed by atoms with Crippen LogP contribution in [0.1, 0.15) is 65.2 Å². The molecule has 1 N–H and O–H groups in total. The van der Waals surface area contributed by atoms with E-state index in [2.05, 4.69) is 24.1 Å². The van der Waals surface area contributed by atoms with Gasteiger partial charge in [-0.15, -0.1) is 0 Å². The molecule has 1 saturated carbocycles. The van der Waals surface area contributed by atoms with Gasteiger partial charge in [-0.1, -0.05) is 19.8 Å². The average molecular weight is 250 g/mol. The molecule has 3 fully saturated rings. The summed E-state index contributed by atoms with van der Waals surface area (Å²) >= 11 is 0. The Morgan fingerprint density at radius 1 is 1.06 bits per heavy atom. The van der Waals surface area contributed by atoms with Crippen LogP contribution < -0.4 is 5.32 Å². The van der Waals surface area contributed by atoms with Gasteiger partial charge in [0.2, 0.25) is 0 Å². The zero-order valence-electron chi connectivity index (χ0n) is 12.2. The van der Waals surface area contributed by atoms with Crippen molar-refractivity contribution in [3.8, 4) is 0 Å². The molecule has 18 heavy (non-hydrogen) atoms. The zero-order chi connectivity index (χ0) is 12.5. The van der Waals surface area contributed by atoms with Gasteiger partial charge in [0.15, 0.2) is 0 Å². The Morgan fingerprint density at radius 2 is 1.67 bits per heavy atom. The Hall–Kier alpha value is -0.0800. The van der Waals surface area contributed by atoms with Crippen molar-refractivity contribution in [1.82, 2.24) is 10.2 Å². The third-order valence-electron chi connectivity index (χ3n) is 5.89.